The highest BCUT2D eigenvalue weighted by molar-refractivity contribution is 6.31. The molecule has 0 saturated carbocycles. The van der Waals surface area contributed by atoms with Gasteiger partial charge in [-0.1, -0.05) is 11.6 Å². The molecule has 1 aromatic heterocycles. The number of anilines is 1. The molecule has 0 fully saturated rings. The zero-order valence-corrected chi connectivity index (χ0v) is 8.95. The van der Waals surface area contributed by atoms with Gasteiger partial charge in [0.25, 0.3) is 0 Å². The second-order valence-corrected chi connectivity index (χ2v) is 3.57. The van der Waals surface area contributed by atoms with Gasteiger partial charge in [-0.05, 0) is 24.3 Å². The van der Waals surface area contributed by atoms with Crippen LogP contribution in [0.5, 0.6) is 0 Å². The summed E-state index contributed by atoms with van der Waals surface area (Å²) in [6.07, 6.45) is 1.61. The van der Waals surface area contributed by atoms with Crippen LogP contribution in [-0.2, 0) is 0 Å². The Kier molecular flexibility index (Phi) is 2.78. The number of rotatable bonds is 2. The number of urea groups is 1. The summed E-state index contributed by atoms with van der Waals surface area (Å²) in [4.78, 5) is 14.7. The Bertz CT molecular complexity index is 543. The molecule has 5 nitrogen and oxygen atoms in total. The lowest BCUT2D eigenvalue weighted by molar-refractivity contribution is 0.250. The Morgan fingerprint density at radius 3 is 2.94 bits per heavy atom. The number of nitrogens with zero attached hydrogens (tertiary/aromatic N) is 1. The van der Waals surface area contributed by atoms with Crippen LogP contribution in [0, 0.1) is 0 Å². The molecule has 0 aliphatic rings. The first-order valence-corrected chi connectivity index (χ1v) is 4.90. The van der Waals surface area contributed by atoms with Gasteiger partial charge in [-0.15, -0.1) is 0 Å². The topological polar surface area (TPSA) is 80.0 Å². The van der Waals surface area contributed by atoms with Gasteiger partial charge in [-0.2, -0.15) is 0 Å². The fourth-order valence-corrected chi connectivity index (χ4v) is 1.53. The van der Waals surface area contributed by atoms with E-state index in [0.29, 0.717) is 10.7 Å². The van der Waals surface area contributed by atoms with Gasteiger partial charge in [-0.3, -0.25) is 15.8 Å². The molecule has 0 saturated heterocycles. The van der Waals surface area contributed by atoms with E-state index >= 15 is 0 Å². The van der Waals surface area contributed by atoms with Crippen molar-refractivity contribution >= 4 is 34.2 Å². The molecule has 82 valence electrons. The molecule has 2 aromatic rings. The van der Waals surface area contributed by atoms with Crippen LogP contribution in [0.4, 0.5) is 10.5 Å². The molecule has 0 atom stereocenters. The van der Waals surface area contributed by atoms with Gasteiger partial charge in [0.2, 0.25) is 0 Å². The third-order valence-corrected chi connectivity index (χ3v) is 2.26. The number of pyridine rings is 1. The van der Waals surface area contributed by atoms with Crippen molar-refractivity contribution in [3.63, 3.8) is 0 Å². The van der Waals surface area contributed by atoms with Gasteiger partial charge >= 0.3 is 6.03 Å². The van der Waals surface area contributed by atoms with Gasteiger partial charge in [-0.25, -0.2) is 4.79 Å². The summed E-state index contributed by atoms with van der Waals surface area (Å²) in [6.45, 7) is 0. The SMILES string of the molecule is NC(=O)NNc1ccnc2cc(Cl)ccc12. The van der Waals surface area contributed by atoms with Crippen molar-refractivity contribution in [2.45, 2.75) is 0 Å². The van der Waals surface area contributed by atoms with Crippen molar-refractivity contribution < 1.29 is 4.79 Å². The number of benzene rings is 1. The first-order valence-electron chi connectivity index (χ1n) is 4.52. The molecule has 6 heteroatoms. The molecule has 1 heterocycles. The Hall–Kier alpha value is -2.01. The van der Waals surface area contributed by atoms with Crippen LogP contribution in [0.25, 0.3) is 10.9 Å². The largest absolute Gasteiger partial charge is 0.350 e. The zero-order valence-electron chi connectivity index (χ0n) is 8.20. The monoisotopic (exact) mass is 236 g/mol. The molecule has 16 heavy (non-hydrogen) atoms. The fraction of sp³-hybridized carbons (Fsp3) is 0. The number of carbonyl (C=O) groups is 1. The standard InChI is InChI=1S/C10H9ClN4O/c11-6-1-2-7-8(14-15-10(12)16)3-4-13-9(7)5-6/h1-5H,(H,13,14)(H3,12,15,16). The number of amides is 2. The number of aromatic nitrogens is 1. The first kappa shape index (κ1) is 10.5. The number of nitrogens with one attached hydrogen (secondary N) is 2. The second-order valence-electron chi connectivity index (χ2n) is 3.13. The van der Waals surface area contributed by atoms with Crippen LogP contribution in [0.15, 0.2) is 30.5 Å². The molecular weight excluding hydrogens is 228 g/mol. The van der Waals surface area contributed by atoms with E-state index in [0.717, 1.165) is 10.9 Å². The maximum absolute atomic E-state index is 10.6. The van der Waals surface area contributed by atoms with Crippen LogP contribution >= 0.6 is 11.6 Å². The first-order chi connectivity index (χ1) is 7.66. The third kappa shape index (κ3) is 2.14. The number of fused-ring (bicyclic) bond motifs is 1. The predicted octanol–water partition coefficient (Wildman–Crippen LogP) is 1.88. The van der Waals surface area contributed by atoms with Gasteiger partial charge in [0.15, 0.2) is 0 Å². The van der Waals surface area contributed by atoms with Crippen LogP contribution in [0.1, 0.15) is 0 Å². The predicted molar refractivity (Wildman–Crippen MR) is 63.1 cm³/mol. The number of halogens is 1. The van der Waals surface area contributed by atoms with Crippen molar-refractivity contribution in [2.75, 3.05) is 5.43 Å². The summed E-state index contributed by atoms with van der Waals surface area (Å²) in [7, 11) is 0. The van der Waals surface area contributed by atoms with Crippen LogP contribution in [-0.4, -0.2) is 11.0 Å². The highest BCUT2D eigenvalue weighted by Crippen LogP contribution is 2.23. The van der Waals surface area contributed by atoms with Crippen LogP contribution < -0.4 is 16.6 Å². The Morgan fingerprint density at radius 1 is 1.38 bits per heavy atom. The highest BCUT2D eigenvalue weighted by atomic mass is 35.5. The van der Waals surface area contributed by atoms with E-state index in [2.05, 4.69) is 15.8 Å². The Balaban J connectivity index is 2.41. The molecule has 2 amide bonds. The summed E-state index contributed by atoms with van der Waals surface area (Å²) < 4.78 is 0. The quantitative estimate of drug-likeness (QED) is 0.697. The smallest absolute Gasteiger partial charge is 0.330 e. The van der Waals surface area contributed by atoms with Gasteiger partial charge in [0.05, 0.1) is 11.2 Å². The van der Waals surface area contributed by atoms with Gasteiger partial charge in [0, 0.05) is 16.6 Å². The van der Waals surface area contributed by atoms with E-state index in [1.54, 1.807) is 24.4 Å². The summed E-state index contributed by atoms with van der Waals surface area (Å²) in [6, 6.07) is 6.38. The van der Waals surface area contributed by atoms with Crippen molar-refractivity contribution in [1.29, 1.82) is 0 Å². The Labute approximate surface area is 96.6 Å². The average molecular weight is 237 g/mol. The molecule has 0 unspecified atom stereocenters. The van der Waals surface area contributed by atoms with Crippen molar-refractivity contribution in [2.24, 2.45) is 5.73 Å². The lowest BCUT2D eigenvalue weighted by atomic mass is 10.2. The summed E-state index contributed by atoms with van der Waals surface area (Å²) in [5.41, 5.74) is 11.4. The number of nitrogens with two attached hydrogens (primary N) is 1. The van der Waals surface area contributed by atoms with Crippen molar-refractivity contribution in [1.82, 2.24) is 10.4 Å². The Morgan fingerprint density at radius 2 is 2.19 bits per heavy atom. The normalized spacial score (nSPS) is 10.1. The second kappa shape index (κ2) is 4.24. The number of hydrogen-bond donors (Lipinski definition) is 3. The van der Waals surface area contributed by atoms with E-state index in [1.807, 2.05) is 6.07 Å². The molecule has 0 aliphatic carbocycles. The van der Waals surface area contributed by atoms with Gasteiger partial charge < -0.3 is 5.73 Å². The van der Waals surface area contributed by atoms with E-state index < -0.39 is 6.03 Å². The van der Waals surface area contributed by atoms with E-state index in [9.17, 15) is 4.79 Å². The number of hydrogen-bond acceptors (Lipinski definition) is 3. The molecule has 0 aliphatic heterocycles. The third-order valence-electron chi connectivity index (χ3n) is 2.03. The molecule has 4 N–H and O–H groups in total. The van der Waals surface area contributed by atoms with Crippen LogP contribution in [0.3, 0.4) is 0 Å². The molecule has 0 bridgehead atoms. The number of hydrazine groups is 1. The molecule has 1 aromatic carbocycles. The molecule has 2 rings (SSSR count). The van der Waals surface area contributed by atoms with Crippen molar-refractivity contribution in [3.05, 3.63) is 35.5 Å². The lowest BCUT2D eigenvalue weighted by Gasteiger charge is -2.08. The molecular formula is C10H9ClN4O. The maximum Gasteiger partial charge on any atom is 0.330 e. The zero-order chi connectivity index (χ0) is 11.5. The summed E-state index contributed by atoms with van der Waals surface area (Å²) >= 11 is 5.85. The minimum atomic E-state index is -0.654. The van der Waals surface area contributed by atoms with Gasteiger partial charge in [0.1, 0.15) is 0 Å². The number of primary amides is 1. The highest BCUT2D eigenvalue weighted by Gasteiger charge is 2.02. The van der Waals surface area contributed by atoms with Crippen molar-refractivity contribution in [3.8, 4) is 0 Å². The summed E-state index contributed by atoms with van der Waals surface area (Å²) in [5.74, 6) is 0. The average Bonchev–Trinajstić information content (AvgIpc) is 2.25. The maximum atomic E-state index is 10.6. The molecule has 0 radical (unpaired) electrons. The number of carbonyl (C=O) groups excluding carboxylic acids is 1. The fourth-order valence-electron chi connectivity index (χ4n) is 1.36. The lowest BCUT2D eigenvalue weighted by Crippen LogP contribution is -2.34. The minimum Gasteiger partial charge on any atom is -0.350 e. The molecule has 0 spiro atoms. The minimum absolute atomic E-state index is 0.611. The summed E-state index contributed by atoms with van der Waals surface area (Å²) in [5, 5.41) is 1.46. The van der Waals surface area contributed by atoms with E-state index in [-0.39, 0.29) is 0 Å². The van der Waals surface area contributed by atoms with Crippen LogP contribution in [0.2, 0.25) is 5.02 Å². The van der Waals surface area contributed by atoms with E-state index in [4.69, 9.17) is 17.3 Å². The van der Waals surface area contributed by atoms with E-state index in [1.165, 1.54) is 0 Å².